The van der Waals surface area contributed by atoms with Gasteiger partial charge >= 0.3 is 0 Å². The molecule has 0 saturated carbocycles. The van der Waals surface area contributed by atoms with E-state index < -0.39 is 6.10 Å². The number of ketones is 1. The standard InChI is InChI=1S/C16H25NO3/c1-4-16(19)13-7-9-15(10-8-13)20-12-14(18)11-17(5-2)6-3/h7-10,14,18H,4-6,11-12H2,1-3H3/t14-/m1/s1. The van der Waals surface area contributed by atoms with Crippen LogP contribution >= 0.6 is 0 Å². The van der Waals surface area contributed by atoms with Gasteiger partial charge in [0.2, 0.25) is 0 Å². The van der Waals surface area contributed by atoms with Gasteiger partial charge in [0.15, 0.2) is 5.78 Å². The number of rotatable bonds is 9. The number of carbonyl (C=O) groups excluding carboxylic acids is 1. The van der Waals surface area contributed by atoms with E-state index in [9.17, 15) is 9.90 Å². The van der Waals surface area contributed by atoms with Crippen molar-refractivity contribution in [1.29, 1.82) is 0 Å². The molecule has 1 N–H and O–H groups in total. The zero-order valence-corrected chi connectivity index (χ0v) is 12.6. The lowest BCUT2D eigenvalue weighted by Gasteiger charge is -2.21. The monoisotopic (exact) mass is 279 g/mol. The van der Waals surface area contributed by atoms with Crippen molar-refractivity contribution in [1.82, 2.24) is 4.90 Å². The zero-order valence-electron chi connectivity index (χ0n) is 12.6. The molecule has 1 aromatic carbocycles. The summed E-state index contributed by atoms with van der Waals surface area (Å²) >= 11 is 0. The smallest absolute Gasteiger partial charge is 0.162 e. The quantitative estimate of drug-likeness (QED) is 0.705. The van der Waals surface area contributed by atoms with Crippen molar-refractivity contribution < 1.29 is 14.6 Å². The summed E-state index contributed by atoms with van der Waals surface area (Å²) in [6, 6.07) is 7.07. The summed E-state index contributed by atoms with van der Waals surface area (Å²) < 4.78 is 5.54. The summed E-state index contributed by atoms with van der Waals surface area (Å²) in [4.78, 5) is 13.6. The molecular weight excluding hydrogens is 254 g/mol. The van der Waals surface area contributed by atoms with Crippen LogP contribution in [0.5, 0.6) is 5.75 Å². The average molecular weight is 279 g/mol. The van der Waals surface area contributed by atoms with Crippen LogP contribution in [0.15, 0.2) is 24.3 Å². The third kappa shape index (κ3) is 5.31. The highest BCUT2D eigenvalue weighted by Gasteiger charge is 2.10. The Labute approximate surface area is 121 Å². The molecule has 0 fully saturated rings. The molecular formula is C16H25NO3. The number of aliphatic hydroxyl groups excluding tert-OH is 1. The largest absolute Gasteiger partial charge is 0.491 e. The van der Waals surface area contributed by atoms with E-state index in [1.807, 2.05) is 6.92 Å². The first-order valence-electron chi connectivity index (χ1n) is 7.27. The molecule has 4 nitrogen and oxygen atoms in total. The average Bonchev–Trinajstić information content (AvgIpc) is 2.50. The highest BCUT2D eigenvalue weighted by Crippen LogP contribution is 2.13. The first-order valence-corrected chi connectivity index (χ1v) is 7.27. The molecule has 112 valence electrons. The van der Waals surface area contributed by atoms with Gasteiger partial charge in [0.1, 0.15) is 18.5 Å². The lowest BCUT2D eigenvalue weighted by atomic mass is 10.1. The number of aliphatic hydroxyl groups is 1. The third-order valence-electron chi connectivity index (χ3n) is 3.30. The van der Waals surface area contributed by atoms with Crippen LogP contribution in [0, 0.1) is 0 Å². The predicted molar refractivity (Wildman–Crippen MR) is 80.4 cm³/mol. The van der Waals surface area contributed by atoms with Crippen molar-refractivity contribution in [2.75, 3.05) is 26.2 Å². The molecule has 0 heterocycles. The molecule has 0 unspecified atom stereocenters. The van der Waals surface area contributed by atoms with Gasteiger partial charge in [-0.15, -0.1) is 0 Å². The van der Waals surface area contributed by atoms with Crippen LogP contribution in [0.3, 0.4) is 0 Å². The van der Waals surface area contributed by atoms with Crippen molar-refractivity contribution in [2.24, 2.45) is 0 Å². The molecule has 0 saturated heterocycles. The molecule has 0 aromatic heterocycles. The van der Waals surface area contributed by atoms with E-state index in [1.165, 1.54) is 0 Å². The number of carbonyl (C=O) groups is 1. The maximum atomic E-state index is 11.5. The first kappa shape index (κ1) is 16.7. The second kappa shape index (κ2) is 8.72. The van der Waals surface area contributed by atoms with Crippen molar-refractivity contribution in [3.63, 3.8) is 0 Å². The van der Waals surface area contributed by atoms with Gasteiger partial charge in [0.25, 0.3) is 0 Å². The fourth-order valence-electron chi connectivity index (χ4n) is 1.97. The third-order valence-corrected chi connectivity index (χ3v) is 3.30. The predicted octanol–water partition coefficient (Wildman–Crippen LogP) is 2.36. The number of Topliss-reactive ketones (excluding diaryl/α,β-unsaturated/α-hetero) is 1. The van der Waals surface area contributed by atoms with Crippen molar-refractivity contribution >= 4 is 5.78 Å². The van der Waals surface area contributed by atoms with Crippen molar-refractivity contribution in [3.05, 3.63) is 29.8 Å². The Bertz CT molecular complexity index is 399. The van der Waals surface area contributed by atoms with Gasteiger partial charge < -0.3 is 14.7 Å². The van der Waals surface area contributed by atoms with Crippen LogP contribution in [0.2, 0.25) is 0 Å². The highest BCUT2D eigenvalue weighted by atomic mass is 16.5. The Kier molecular flexibility index (Phi) is 7.26. The SMILES string of the molecule is CCC(=O)c1ccc(OC[C@H](O)CN(CC)CC)cc1. The van der Waals surface area contributed by atoms with Gasteiger partial charge in [0.05, 0.1) is 0 Å². The minimum Gasteiger partial charge on any atom is -0.491 e. The summed E-state index contributed by atoms with van der Waals surface area (Å²) in [6.07, 6.45) is -0.00478. The molecule has 0 aliphatic rings. The van der Waals surface area contributed by atoms with E-state index in [0.717, 1.165) is 13.1 Å². The maximum Gasteiger partial charge on any atom is 0.162 e. The molecule has 0 aliphatic carbocycles. The van der Waals surface area contributed by atoms with E-state index >= 15 is 0 Å². The van der Waals surface area contributed by atoms with E-state index in [-0.39, 0.29) is 12.4 Å². The van der Waals surface area contributed by atoms with E-state index in [4.69, 9.17) is 4.74 Å². The molecule has 0 aliphatic heterocycles. The molecule has 1 aromatic rings. The Balaban J connectivity index is 2.43. The number of hydrogen-bond donors (Lipinski definition) is 1. The van der Waals surface area contributed by atoms with Crippen LogP contribution < -0.4 is 4.74 Å². The van der Waals surface area contributed by atoms with Crippen molar-refractivity contribution in [3.8, 4) is 5.75 Å². The van der Waals surface area contributed by atoms with Crippen LogP contribution in [-0.2, 0) is 0 Å². The fourth-order valence-corrected chi connectivity index (χ4v) is 1.97. The number of benzene rings is 1. The van der Waals surface area contributed by atoms with Gasteiger partial charge in [-0.2, -0.15) is 0 Å². The Hall–Kier alpha value is -1.39. The molecule has 20 heavy (non-hydrogen) atoms. The number of nitrogens with zero attached hydrogens (tertiary/aromatic N) is 1. The number of likely N-dealkylation sites (N-methyl/N-ethyl adjacent to an activating group) is 1. The van der Waals surface area contributed by atoms with E-state index in [1.54, 1.807) is 24.3 Å². The molecule has 0 bridgehead atoms. The summed E-state index contributed by atoms with van der Waals surface area (Å²) in [5.41, 5.74) is 0.698. The minimum atomic E-state index is -0.508. The number of ether oxygens (including phenoxy) is 1. The topological polar surface area (TPSA) is 49.8 Å². The molecule has 1 rings (SSSR count). The van der Waals surface area contributed by atoms with Gasteiger partial charge in [-0.1, -0.05) is 20.8 Å². The van der Waals surface area contributed by atoms with Crippen LogP contribution in [0.25, 0.3) is 0 Å². The maximum absolute atomic E-state index is 11.5. The lowest BCUT2D eigenvalue weighted by molar-refractivity contribution is 0.0716. The van der Waals surface area contributed by atoms with Crippen LogP contribution in [0.4, 0.5) is 0 Å². The summed E-state index contributed by atoms with van der Waals surface area (Å²) in [5.74, 6) is 0.800. The molecule has 1 atom stereocenters. The normalized spacial score (nSPS) is 12.4. The van der Waals surface area contributed by atoms with Crippen LogP contribution in [-0.4, -0.2) is 48.1 Å². The van der Waals surface area contributed by atoms with Gasteiger partial charge in [0, 0.05) is 18.5 Å². The lowest BCUT2D eigenvalue weighted by Crippen LogP contribution is -2.35. The summed E-state index contributed by atoms with van der Waals surface area (Å²) in [6.45, 7) is 8.69. The second-order valence-corrected chi connectivity index (χ2v) is 4.75. The van der Waals surface area contributed by atoms with Gasteiger partial charge in [-0.25, -0.2) is 0 Å². The highest BCUT2D eigenvalue weighted by molar-refractivity contribution is 5.95. The zero-order chi connectivity index (χ0) is 15.0. The summed E-state index contributed by atoms with van der Waals surface area (Å²) in [7, 11) is 0. The van der Waals surface area contributed by atoms with Crippen molar-refractivity contribution in [2.45, 2.75) is 33.3 Å². The van der Waals surface area contributed by atoms with Gasteiger partial charge in [-0.3, -0.25) is 4.79 Å². The Morgan fingerprint density at radius 2 is 1.80 bits per heavy atom. The molecule has 0 spiro atoms. The van der Waals surface area contributed by atoms with Crippen LogP contribution in [0.1, 0.15) is 37.6 Å². The first-order chi connectivity index (χ1) is 9.60. The van der Waals surface area contributed by atoms with E-state index in [0.29, 0.717) is 24.3 Å². The van der Waals surface area contributed by atoms with E-state index in [2.05, 4.69) is 18.7 Å². The summed E-state index contributed by atoms with van der Waals surface area (Å²) in [5, 5.41) is 9.90. The molecule has 0 radical (unpaired) electrons. The minimum absolute atomic E-state index is 0.123. The van der Waals surface area contributed by atoms with Gasteiger partial charge in [-0.05, 0) is 37.4 Å². The number of hydrogen-bond acceptors (Lipinski definition) is 4. The molecule has 4 heteroatoms. The fraction of sp³-hybridized carbons (Fsp3) is 0.562. The second-order valence-electron chi connectivity index (χ2n) is 4.75. The Morgan fingerprint density at radius 3 is 2.30 bits per heavy atom. The molecule has 0 amide bonds. The Morgan fingerprint density at radius 1 is 1.20 bits per heavy atom.